The second-order valence-electron chi connectivity index (χ2n) is 4.57. The van der Waals surface area contributed by atoms with E-state index in [9.17, 15) is 4.79 Å². The highest BCUT2D eigenvalue weighted by atomic mass is 16.2. The van der Waals surface area contributed by atoms with Crippen LogP contribution in [0, 0.1) is 0 Å². The largest absolute Gasteiger partial charge is 0.399 e. The molecule has 1 aromatic heterocycles. The Bertz CT molecular complexity index is 585. The average Bonchev–Trinajstić information content (AvgIpc) is 2.72. The summed E-state index contributed by atoms with van der Waals surface area (Å²) >= 11 is 0. The highest BCUT2D eigenvalue weighted by Gasteiger charge is 2.13. The first kappa shape index (κ1) is 12.9. The fraction of sp³-hybridized carbons (Fsp3) is 0.231. The number of carbonyl (C=O) groups excluding carboxylic acids is 1. The molecule has 0 bridgehead atoms. The van der Waals surface area contributed by atoms with Crippen molar-refractivity contribution in [3.8, 4) is 0 Å². The van der Waals surface area contributed by atoms with Crippen LogP contribution < -0.4 is 11.5 Å². The van der Waals surface area contributed by atoms with Gasteiger partial charge >= 0.3 is 0 Å². The molecule has 0 aliphatic rings. The highest BCUT2D eigenvalue weighted by molar-refractivity contribution is 5.95. The van der Waals surface area contributed by atoms with Crippen LogP contribution in [0.25, 0.3) is 0 Å². The summed E-state index contributed by atoms with van der Waals surface area (Å²) in [6.07, 6.45) is 3.61. The Kier molecular flexibility index (Phi) is 3.41. The molecule has 0 fully saturated rings. The molecular weight excluding hydrogens is 242 g/mol. The Morgan fingerprint density at radius 3 is 2.47 bits per heavy atom. The molecule has 0 aliphatic heterocycles. The van der Waals surface area contributed by atoms with Gasteiger partial charge in [-0.3, -0.25) is 9.48 Å². The minimum atomic E-state index is -0.122. The van der Waals surface area contributed by atoms with Gasteiger partial charge in [0.1, 0.15) is 0 Å². The van der Waals surface area contributed by atoms with E-state index in [2.05, 4.69) is 5.10 Å². The first-order valence-corrected chi connectivity index (χ1v) is 5.85. The highest BCUT2D eigenvalue weighted by Crippen LogP contribution is 2.16. The SMILES string of the molecule is CN(Cc1cnn(C)c1)C(=O)c1cc(N)cc(N)c1. The van der Waals surface area contributed by atoms with E-state index in [-0.39, 0.29) is 5.91 Å². The lowest BCUT2D eigenvalue weighted by Gasteiger charge is -2.16. The Morgan fingerprint density at radius 1 is 1.32 bits per heavy atom. The van der Waals surface area contributed by atoms with E-state index < -0.39 is 0 Å². The summed E-state index contributed by atoms with van der Waals surface area (Å²) in [5.41, 5.74) is 13.8. The van der Waals surface area contributed by atoms with Crippen molar-refractivity contribution in [2.45, 2.75) is 6.54 Å². The number of hydrogen-bond donors (Lipinski definition) is 2. The molecule has 0 saturated carbocycles. The number of rotatable bonds is 3. The molecule has 2 aromatic rings. The van der Waals surface area contributed by atoms with Crippen molar-refractivity contribution >= 4 is 17.3 Å². The van der Waals surface area contributed by atoms with E-state index in [1.54, 1.807) is 41.0 Å². The van der Waals surface area contributed by atoms with Crippen LogP contribution in [0.2, 0.25) is 0 Å². The number of benzene rings is 1. The monoisotopic (exact) mass is 259 g/mol. The van der Waals surface area contributed by atoms with Crippen LogP contribution in [0.4, 0.5) is 11.4 Å². The lowest BCUT2D eigenvalue weighted by molar-refractivity contribution is 0.0785. The second kappa shape index (κ2) is 5.01. The Hall–Kier alpha value is -2.50. The van der Waals surface area contributed by atoms with Crippen LogP contribution in [0.5, 0.6) is 0 Å². The van der Waals surface area contributed by atoms with Crippen LogP contribution in [0.1, 0.15) is 15.9 Å². The van der Waals surface area contributed by atoms with Crippen molar-refractivity contribution in [1.29, 1.82) is 0 Å². The van der Waals surface area contributed by atoms with E-state index in [4.69, 9.17) is 11.5 Å². The number of anilines is 2. The molecule has 0 atom stereocenters. The number of hydrogen-bond acceptors (Lipinski definition) is 4. The lowest BCUT2D eigenvalue weighted by atomic mass is 10.1. The molecule has 1 aromatic carbocycles. The van der Waals surface area contributed by atoms with Gasteiger partial charge in [0.15, 0.2) is 0 Å². The van der Waals surface area contributed by atoms with Gasteiger partial charge in [-0.15, -0.1) is 0 Å². The van der Waals surface area contributed by atoms with Crippen molar-refractivity contribution in [2.75, 3.05) is 18.5 Å². The van der Waals surface area contributed by atoms with Crippen LogP contribution in [-0.4, -0.2) is 27.6 Å². The van der Waals surface area contributed by atoms with E-state index in [0.29, 0.717) is 23.5 Å². The Balaban J connectivity index is 2.14. The van der Waals surface area contributed by atoms with E-state index in [0.717, 1.165) is 5.56 Å². The van der Waals surface area contributed by atoms with Crippen molar-refractivity contribution < 1.29 is 4.79 Å². The molecule has 0 saturated heterocycles. The van der Waals surface area contributed by atoms with Gasteiger partial charge in [-0.25, -0.2) is 0 Å². The van der Waals surface area contributed by atoms with Crippen molar-refractivity contribution in [3.63, 3.8) is 0 Å². The minimum Gasteiger partial charge on any atom is -0.399 e. The third-order valence-electron chi connectivity index (χ3n) is 2.75. The molecular formula is C13H17N5O. The zero-order chi connectivity index (χ0) is 14.0. The standard InChI is InChI=1S/C13H17N5O/c1-17(7-9-6-16-18(2)8-9)13(19)10-3-11(14)5-12(15)4-10/h3-6,8H,7,14-15H2,1-2H3. The molecule has 0 unspecified atom stereocenters. The molecule has 0 aliphatic carbocycles. The fourth-order valence-corrected chi connectivity index (χ4v) is 1.92. The minimum absolute atomic E-state index is 0.122. The zero-order valence-electron chi connectivity index (χ0n) is 11.0. The third-order valence-corrected chi connectivity index (χ3v) is 2.75. The molecule has 4 N–H and O–H groups in total. The van der Waals surface area contributed by atoms with Crippen LogP contribution in [-0.2, 0) is 13.6 Å². The van der Waals surface area contributed by atoms with E-state index >= 15 is 0 Å². The summed E-state index contributed by atoms with van der Waals surface area (Å²) in [6, 6.07) is 4.87. The molecule has 6 heteroatoms. The number of nitrogens with two attached hydrogens (primary N) is 2. The maximum absolute atomic E-state index is 12.2. The quantitative estimate of drug-likeness (QED) is 0.800. The summed E-state index contributed by atoms with van der Waals surface area (Å²) in [7, 11) is 3.57. The molecule has 6 nitrogen and oxygen atoms in total. The first-order chi connectivity index (χ1) is 8.95. The van der Waals surface area contributed by atoms with Gasteiger partial charge in [0.05, 0.1) is 6.20 Å². The zero-order valence-corrected chi connectivity index (χ0v) is 11.0. The van der Waals surface area contributed by atoms with Gasteiger partial charge in [-0.2, -0.15) is 5.10 Å². The number of aromatic nitrogens is 2. The summed E-state index contributed by atoms with van der Waals surface area (Å²) in [6.45, 7) is 0.487. The van der Waals surface area contributed by atoms with Gasteiger partial charge < -0.3 is 16.4 Å². The normalized spacial score (nSPS) is 10.4. The smallest absolute Gasteiger partial charge is 0.254 e. The number of nitrogens with zero attached hydrogens (tertiary/aromatic N) is 3. The third kappa shape index (κ3) is 3.04. The van der Waals surface area contributed by atoms with Gasteiger partial charge in [0.25, 0.3) is 5.91 Å². The molecule has 100 valence electrons. The van der Waals surface area contributed by atoms with Gasteiger partial charge in [0.2, 0.25) is 0 Å². The summed E-state index contributed by atoms with van der Waals surface area (Å²) in [5, 5.41) is 4.07. The topological polar surface area (TPSA) is 90.2 Å². The molecule has 0 spiro atoms. The number of aryl methyl sites for hydroxylation is 1. The van der Waals surface area contributed by atoms with Crippen molar-refractivity contribution in [2.24, 2.45) is 7.05 Å². The summed E-state index contributed by atoms with van der Waals surface area (Å²) in [5.74, 6) is -0.122. The molecule has 1 heterocycles. The number of carbonyl (C=O) groups is 1. The van der Waals surface area contributed by atoms with E-state index in [1.165, 1.54) is 0 Å². The maximum Gasteiger partial charge on any atom is 0.254 e. The molecule has 0 radical (unpaired) electrons. The first-order valence-electron chi connectivity index (χ1n) is 5.85. The lowest BCUT2D eigenvalue weighted by Crippen LogP contribution is -2.26. The van der Waals surface area contributed by atoms with Crippen LogP contribution in [0.15, 0.2) is 30.6 Å². The van der Waals surface area contributed by atoms with Gasteiger partial charge in [0, 0.05) is 49.3 Å². The summed E-state index contributed by atoms with van der Waals surface area (Å²) < 4.78 is 1.70. The number of amides is 1. The number of nitrogen functional groups attached to an aromatic ring is 2. The van der Waals surface area contributed by atoms with E-state index in [1.807, 2.05) is 13.2 Å². The summed E-state index contributed by atoms with van der Waals surface area (Å²) in [4.78, 5) is 13.9. The molecule has 2 rings (SSSR count). The van der Waals surface area contributed by atoms with Crippen molar-refractivity contribution in [1.82, 2.24) is 14.7 Å². The fourth-order valence-electron chi connectivity index (χ4n) is 1.92. The van der Waals surface area contributed by atoms with Crippen molar-refractivity contribution in [3.05, 3.63) is 41.7 Å². The maximum atomic E-state index is 12.2. The van der Waals surface area contributed by atoms with Gasteiger partial charge in [-0.05, 0) is 18.2 Å². The Labute approximate surface area is 111 Å². The van der Waals surface area contributed by atoms with Gasteiger partial charge in [-0.1, -0.05) is 0 Å². The second-order valence-corrected chi connectivity index (χ2v) is 4.57. The predicted octanol–water partition coefficient (Wildman–Crippen LogP) is 0.857. The Morgan fingerprint density at radius 2 is 1.95 bits per heavy atom. The molecule has 1 amide bonds. The molecule has 19 heavy (non-hydrogen) atoms. The van der Waals surface area contributed by atoms with Crippen LogP contribution >= 0.6 is 0 Å². The predicted molar refractivity (Wildman–Crippen MR) is 74.3 cm³/mol. The average molecular weight is 259 g/mol. The van der Waals surface area contributed by atoms with Crippen LogP contribution in [0.3, 0.4) is 0 Å².